The molecule has 4 aromatic rings. The molecule has 2 atom stereocenters. The lowest BCUT2D eigenvalue weighted by molar-refractivity contribution is -0.138. The minimum atomic E-state index is -1.10. The number of carbonyl (C=O) groups is 2. The highest BCUT2D eigenvalue weighted by atomic mass is 35.5. The van der Waals surface area contributed by atoms with Crippen molar-refractivity contribution in [2.24, 2.45) is 5.92 Å². The lowest BCUT2D eigenvalue weighted by atomic mass is 9.79. The fourth-order valence-corrected chi connectivity index (χ4v) is 4.08. The van der Waals surface area contributed by atoms with Gasteiger partial charge in [0, 0.05) is 12.4 Å². The third-order valence-electron chi connectivity index (χ3n) is 5.53. The van der Waals surface area contributed by atoms with Gasteiger partial charge in [-0.15, -0.1) is 0 Å². The smallest absolute Gasteiger partial charge is 0.323 e. The Hall–Kier alpha value is -3.83. The van der Waals surface area contributed by atoms with Crippen LogP contribution in [0.5, 0.6) is 5.75 Å². The molecule has 32 heavy (non-hydrogen) atoms. The van der Waals surface area contributed by atoms with E-state index in [1.54, 1.807) is 24.3 Å². The predicted octanol–water partition coefficient (Wildman–Crippen LogP) is 5.35. The number of ketones is 1. The number of benzene rings is 3. The Labute approximate surface area is 189 Å². The second-order valence-electron chi connectivity index (χ2n) is 7.48. The summed E-state index contributed by atoms with van der Waals surface area (Å²) < 4.78 is 5.51. The molecule has 6 heteroatoms. The molecule has 0 amide bonds. The van der Waals surface area contributed by atoms with E-state index in [4.69, 9.17) is 16.3 Å². The predicted molar refractivity (Wildman–Crippen MR) is 121 cm³/mol. The van der Waals surface area contributed by atoms with Crippen molar-refractivity contribution in [1.29, 1.82) is 0 Å². The molecule has 0 saturated heterocycles. The van der Waals surface area contributed by atoms with E-state index in [-0.39, 0.29) is 11.5 Å². The zero-order valence-electron chi connectivity index (χ0n) is 16.8. The topological polar surface area (TPSA) is 69.2 Å². The Morgan fingerprint density at radius 1 is 0.781 bits per heavy atom. The van der Waals surface area contributed by atoms with Gasteiger partial charge >= 0.3 is 5.97 Å². The van der Waals surface area contributed by atoms with Crippen LogP contribution in [0.15, 0.2) is 91.3 Å². The summed E-state index contributed by atoms with van der Waals surface area (Å²) in [6, 6.07) is 24.4. The number of halogens is 1. The number of para-hydroxylation sites is 1. The minimum absolute atomic E-state index is 0.272. The maximum Gasteiger partial charge on any atom is 0.323 e. The molecule has 0 aliphatic carbocycles. The highest BCUT2D eigenvalue weighted by Crippen LogP contribution is 2.39. The Morgan fingerprint density at radius 2 is 1.41 bits per heavy atom. The maximum absolute atomic E-state index is 13.4. The van der Waals surface area contributed by atoms with Gasteiger partial charge in [0.05, 0.1) is 16.5 Å². The van der Waals surface area contributed by atoms with Gasteiger partial charge in [-0.2, -0.15) is 0 Å². The van der Waals surface area contributed by atoms with Crippen LogP contribution in [0.1, 0.15) is 27.7 Å². The van der Waals surface area contributed by atoms with Gasteiger partial charge in [0.25, 0.3) is 0 Å². The van der Waals surface area contributed by atoms with E-state index in [1.807, 2.05) is 54.6 Å². The molecule has 3 aromatic carbocycles. The number of aromatic nitrogens is 2. The minimum Gasteiger partial charge on any atom is -0.425 e. The first-order chi connectivity index (χ1) is 15.6. The Kier molecular flexibility index (Phi) is 5.25. The third-order valence-corrected chi connectivity index (χ3v) is 5.72. The van der Waals surface area contributed by atoms with Crippen LogP contribution in [0.25, 0.3) is 11.1 Å². The van der Waals surface area contributed by atoms with Crippen LogP contribution < -0.4 is 4.74 Å². The third kappa shape index (κ3) is 3.67. The van der Waals surface area contributed by atoms with Crippen LogP contribution >= 0.6 is 11.6 Å². The van der Waals surface area contributed by atoms with Crippen LogP contribution in [0, 0.1) is 5.92 Å². The molecule has 0 bridgehead atoms. The van der Waals surface area contributed by atoms with Crippen LogP contribution in [-0.4, -0.2) is 21.7 Å². The average molecular weight is 441 g/mol. The largest absolute Gasteiger partial charge is 0.425 e. The molecule has 1 aliphatic rings. The number of hydrogen-bond acceptors (Lipinski definition) is 5. The molecule has 5 rings (SSSR count). The Balaban J connectivity index is 1.60. The average Bonchev–Trinajstić information content (AvgIpc) is 2.83. The van der Waals surface area contributed by atoms with E-state index in [2.05, 4.69) is 9.97 Å². The summed E-state index contributed by atoms with van der Waals surface area (Å²) in [5, 5.41) is 0.370. The first kappa shape index (κ1) is 20.1. The van der Waals surface area contributed by atoms with Gasteiger partial charge in [-0.3, -0.25) is 9.59 Å². The number of hydrogen-bond donors (Lipinski definition) is 0. The van der Waals surface area contributed by atoms with Crippen molar-refractivity contribution < 1.29 is 14.3 Å². The van der Waals surface area contributed by atoms with Gasteiger partial charge in [-0.1, -0.05) is 78.3 Å². The molecule has 0 spiro atoms. The summed E-state index contributed by atoms with van der Waals surface area (Å²) in [6.45, 7) is 0. The van der Waals surface area contributed by atoms with Crippen LogP contribution in [0.4, 0.5) is 0 Å². The number of carbonyl (C=O) groups excluding carboxylic acids is 2. The Bertz CT molecular complexity index is 1290. The lowest BCUT2D eigenvalue weighted by Gasteiger charge is -2.28. The molecule has 5 nitrogen and oxygen atoms in total. The van der Waals surface area contributed by atoms with E-state index in [0.29, 0.717) is 16.4 Å². The highest BCUT2D eigenvalue weighted by Gasteiger charge is 2.44. The number of fused-ring (bicyclic) bond motifs is 1. The van der Waals surface area contributed by atoms with Crippen molar-refractivity contribution in [3.63, 3.8) is 0 Å². The molecule has 0 N–H and O–H groups in total. The standard InChI is InChI=1S/C26H17ClN2O3/c27-19-14-28-25(29-15-19)22(18-12-10-17(11-13-18)16-6-2-1-3-7-16)23-24(30)20-8-4-5-9-21(20)32-26(23)31/h1-15,22-23H. The fourth-order valence-electron chi connectivity index (χ4n) is 3.98. The zero-order valence-corrected chi connectivity index (χ0v) is 17.6. The van der Waals surface area contributed by atoms with Crippen molar-refractivity contribution in [1.82, 2.24) is 9.97 Å². The molecule has 1 aromatic heterocycles. The van der Waals surface area contributed by atoms with Crippen molar-refractivity contribution in [2.45, 2.75) is 5.92 Å². The summed E-state index contributed by atoms with van der Waals surface area (Å²) >= 11 is 5.98. The number of nitrogens with zero attached hydrogens (tertiary/aromatic N) is 2. The molecule has 2 unspecified atom stereocenters. The zero-order chi connectivity index (χ0) is 22.1. The van der Waals surface area contributed by atoms with Gasteiger partial charge in [-0.25, -0.2) is 9.97 Å². The Morgan fingerprint density at radius 3 is 2.12 bits per heavy atom. The summed E-state index contributed by atoms with van der Waals surface area (Å²) in [7, 11) is 0. The maximum atomic E-state index is 13.4. The van der Waals surface area contributed by atoms with Gasteiger partial charge in [0.1, 0.15) is 17.5 Å². The van der Waals surface area contributed by atoms with E-state index in [1.165, 1.54) is 12.4 Å². The van der Waals surface area contributed by atoms with E-state index in [9.17, 15) is 9.59 Å². The van der Waals surface area contributed by atoms with Crippen LogP contribution in [0.2, 0.25) is 5.02 Å². The number of esters is 1. The van der Waals surface area contributed by atoms with Gasteiger partial charge in [-0.05, 0) is 28.8 Å². The van der Waals surface area contributed by atoms with Crippen LogP contribution in [0.3, 0.4) is 0 Å². The summed E-state index contributed by atoms with van der Waals surface area (Å²) in [5.74, 6) is -2.15. The summed E-state index contributed by atoms with van der Waals surface area (Å²) in [5.41, 5.74) is 3.20. The SMILES string of the molecule is O=C1Oc2ccccc2C(=O)C1C(c1ccc(-c2ccccc2)cc1)c1ncc(Cl)cn1. The summed E-state index contributed by atoms with van der Waals surface area (Å²) in [4.78, 5) is 35.0. The van der Waals surface area contributed by atoms with Gasteiger partial charge in [0.15, 0.2) is 5.78 Å². The first-order valence-electron chi connectivity index (χ1n) is 10.1. The second-order valence-corrected chi connectivity index (χ2v) is 7.92. The normalized spacial score (nSPS) is 16.2. The monoisotopic (exact) mass is 440 g/mol. The van der Waals surface area contributed by atoms with Crippen molar-refractivity contribution >= 4 is 23.4 Å². The molecule has 0 fully saturated rings. The summed E-state index contributed by atoms with van der Waals surface area (Å²) in [6.07, 6.45) is 2.92. The molecular weight excluding hydrogens is 424 g/mol. The number of Topliss-reactive ketones (excluding diaryl/α,β-unsaturated/α-hetero) is 1. The van der Waals surface area contributed by atoms with E-state index >= 15 is 0 Å². The van der Waals surface area contributed by atoms with E-state index in [0.717, 1.165) is 16.7 Å². The van der Waals surface area contributed by atoms with Crippen molar-refractivity contribution in [2.75, 3.05) is 0 Å². The van der Waals surface area contributed by atoms with Crippen molar-refractivity contribution in [3.8, 4) is 16.9 Å². The molecular formula is C26H17ClN2O3. The molecule has 1 aliphatic heterocycles. The molecule has 2 heterocycles. The lowest BCUT2D eigenvalue weighted by Crippen LogP contribution is -2.38. The fraction of sp³-hybridized carbons (Fsp3) is 0.0769. The highest BCUT2D eigenvalue weighted by molar-refractivity contribution is 6.30. The van der Waals surface area contributed by atoms with Crippen molar-refractivity contribution in [3.05, 3.63) is 113 Å². The number of rotatable bonds is 4. The molecule has 0 saturated carbocycles. The van der Waals surface area contributed by atoms with Crippen LogP contribution in [-0.2, 0) is 4.79 Å². The second kappa shape index (κ2) is 8.36. The van der Waals surface area contributed by atoms with Gasteiger partial charge in [0.2, 0.25) is 0 Å². The number of ether oxygens (including phenoxy) is 1. The molecule has 0 radical (unpaired) electrons. The quantitative estimate of drug-likeness (QED) is 0.243. The van der Waals surface area contributed by atoms with Gasteiger partial charge < -0.3 is 4.74 Å². The van der Waals surface area contributed by atoms with E-state index < -0.39 is 17.8 Å². The first-order valence-corrected chi connectivity index (χ1v) is 10.5. The molecule has 156 valence electrons.